The monoisotopic (exact) mass is 372 g/mol. The first-order valence-electron chi connectivity index (χ1n) is 5.17. The molecule has 0 unspecified atom stereocenters. The number of hydrogen-bond donors (Lipinski definition) is 2. The molecule has 2 rings (SSSR count). The Morgan fingerprint density at radius 3 is 2.44 bits per heavy atom. The van der Waals surface area contributed by atoms with Crippen LogP contribution in [0, 0.1) is 3.57 Å². The lowest BCUT2D eigenvalue weighted by Crippen LogP contribution is -2.12. The third kappa shape index (κ3) is 3.36. The van der Waals surface area contributed by atoms with Gasteiger partial charge < -0.3 is 11.1 Å². The van der Waals surface area contributed by atoms with E-state index in [0.29, 0.717) is 16.3 Å². The molecule has 18 heavy (non-hydrogen) atoms. The van der Waals surface area contributed by atoms with Gasteiger partial charge in [0.2, 0.25) is 0 Å². The Hall–Kier alpha value is -1.27. The molecule has 0 saturated carbocycles. The summed E-state index contributed by atoms with van der Waals surface area (Å²) in [6.07, 6.45) is 0. The van der Waals surface area contributed by atoms with E-state index >= 15 is 0 Å². The number of carbonyl (C=O) groups excluding carboxylic acids is 1. The molecular weight excluding hydrogens is 363 g/mol. The van der Waals surface area contributed by atoms with Gasteiger partial charge in [-0.2, -0.15) is 0 Å². The molecule has 0 saturated heterocycles. The normalized spacial score (nSPS) is 10.1. The van der Waals surface area contributed by atoms with Crippen LogP contribution in [0.25, 0.3) is 0 Å². The van der Waals surface area contributed by atoms with Crippen LogP contribution in [-0.2, 0) is 0 Å². The molecule has 3 N–H and O–H groups in total. The number of rotatable bonds is 2. The number of anilines is 2. The van der Waals surface area contributed by atoms with Crippen LogP contribution >= 0.6 is 34.2 Å². The number of benzene rings is 2. The van der Waals surface area contributed by atoms with Gasteiger partial charge in [0.1, 0.15) is 0 Å². The molecule has 92 valence electrons. The van der Waals surface area contributed by atoms with E-state index in [1.165, 1.54) is 0 Å². The Balaban J connectivity index is 2.19. The van der Waals surface area contributed by atoms with Crippen molar-refractivity contribution >= 4 is 51.5 Å². The number of nitrogens with one attached hydrogen (secondary N) is 1. The highest BCUT2D eigenvalue weighted by molar-refractivity contribution is 14.1. The van der Waals surface area contributed by atoms with Gasteiger partial charge in [-0.25, -0.2) is 0 Å². The molecule has 0 aliphatic heterocycles. The first kappa shape index (κ1) is 13.2. The van der Waals surface area contributed by atoms with E-state index in [1.54, 1.807) is 18.2 Å². The van der Waals surface area contributed by atoms with Gasteiger partial charge in [-0.3, -0.25) is 4.79 Å². The fourth-order valence-electron chi connectivity index (χ4n) is 1.48. The predicted octanol–water partition coefficient (Wildman–Crippen LogP) is 3.78. The summed E-state index contributed by atoms with van der Waals surface area (Å²) in [6.45, 7) is 0. The number of hydrogen-bond acceptors (Lipinski definition) is 2. The highest BCUT2D eigenvalue weighted by Crippen LogP contribution is 2.18. The summed E-state index contributed by atoms with van der Waals surface area (Å²) < 4.78 is 1.11. The first-order chi connectivity index (χ1) is 8.54. The van der Waals surface area contributed by atoms with Crippen molar-refractivity contribution in [3.63, 3.8) is 0 Å². The van der Waals surface area contributed by atoms with Crippen molar-refractivity contribution in [2.45, 2.75) is 0 Å². The third-order valence-corrected chi connectivity index (χ3v) is 3.22. The van der Waals surface area contributed by atoms with Crippen LogP contribution in [0.5, 0.6) is 0 Å². The molecule has 0 aliphatic carbocycles. The summed E-state index contributed by atoms with van der Waals surface area (Å²) in [7, 11) is 0. The second kappa shape index (κ2) is 5.58. The summed E-state index contributed by atoms with van der Waals surface area (Å²) in [5, 5.41) is 3.23. The Morgan fingerprint density at radius 2 is 1.83 bits per heavy atom. The maximum absolute atomic E-state index is 12.0. The fraction of sp³-hybridized carbons (Fsp3) is 0. The zero-order chi connectivity index (χ0) is 13.1. The van der Waals surface area contributed by atoms with Crippen molar-refractivity contribution in [3.05, 3.63) is 56.6 Å². The molecule has 0 bridgehead atoms. The van der Waals surface area contributed by atoms with Gasteiger partial charge in [-0.1, -0.05) is 11.6 Å². The van der Waals surface area contributed by atoms with Gasteiger partial charge in [0.15, 0.2) is 0 Å². The van der Waals surface area contributed by atoms with E-state index in [1.807, 2.05) is 24.3 Å². The van der Waals surface area contributed by atoms with E-state index < -0.39 is 0 Å². The van der Waals surface area contributed by atoms with E-state index in [2.05, 4.69) is 27.9 Å². The third-order valence-electron chi connectivity index (χ3n) is 2.28. The average Bonchev–Trinajstić information content (AvgIpc) is 2.31. The topological polar surface area (TPSA) is 55.1 Å². The minimum Gasteiger partial charge on any atom is -0.399 e. The lowest BCUT2D eigenvalue weighted by atomic mass is 10.2. The van der Waals surface area contributed by atoms with Crippen molar-refractivity contribution in [1.82, 2.24) is 0 Å². The van der Waals surface area contributed by atoms with Crippen molar-refractivity contribution in [2.75, 3.05) is 11.1 Å². The van der Waals surface area contributed by atoms with Gasteiger partial charge in [-0.15, -0.1) is 0 Å². The number of nitrogens with two attached hydrogens (primary N) is 1. The number of carbonyl (C=O) groups is 1. The van der Waals surface area contributed by atoms with Gasteiger partial charge in [0.25, 0.3) is 5.91 Å². The largest absolute Gasteiger partial charge is 0.399 e. The van der Waals surface area contributed by atoms with Crippen LogP contribution in [0.1, 0.15) is 10.4 Å². The van der Waals surface area contributed by atoms with Gasteiger partial charge >= 0.3 is 0 Å². The number of amides is 1. The van der Waals surface area contributed by atoms with Crippen molar-refractivity contribution in [1.29, 1.82) is 0 Å². The zero-order valence-electron chi connectivity index (χ0n) is 9.28. The van der Waals surface area contributed by atoms with E-state index in [-0.39, 0.29) is 5.91 Å². The van der Waals surface area contributed by atoms with Crippen molar-refractivity contribution in [2.24, 2.45) is 0 Å². The Morgan fingerprint density at radius 1 is 1.17 bits per heavy atom. The maximum atomic E-state index is 12.0. The lowest BCUT2D eigenvalue weighted by molar-refractivity contribution is 0.102. The molecule has 0 atom stereocenters. The Bertz CT molecular complexity index is 564. The van der Waals surface area contributed by atoms with Crippen molar-refractivity contribution in [3.8, 4) is 0 Å². The van der Waals surface area contributed by atoms with Crippen LogP contribution in [0.3, 0.4) is 0 Å². The quantitative estimate of drug-likeness (QED) is 0.623. The summed E-state index contributed by atoms with van der Waals surface area (Å²) in [6, 6.07) is 12.3. The Labute approximate surface area is 123 Å². The minimum atomic E-state index is -0.231. The highest BCUT2D eigenvalue weighted by Gasteiger charge is 2.07. The molecule has 3 nitrogen and oxygen atoms in total. The smallest absolute Gasteiger partial charge is 0.255 e. The van der Waals surface area contributed by atoms with Gasteiger partial charge in [0.05, 0.1) is 0 Å². The summed E-state index contributed by atoms with van der Waals surface area (Å²) in [4.78, 5) is 12.0. The fourth-order valence-corrected chi connectivity index (χ4v) is 2.08. The van der Waals surface area contributed by atoms with E-state index in [0.717, 1.165) is 9.26 Å². The number of nitrogen functional groups attached to an aromatic ring is 1. The molecule has 0 heterocycles. The van der Waals surface area contributed by atoms with Crippen LogP contribution < -0.4 is 11.1 Å². The van der Waals surface area contributed by atoms with Gasteiger partial charge in [-0.05, 0) is 65.1 Å². The van der Waals surface area contributed by atoms with E-state index in [4.69, 9.17) is 17.3 Å². The predicted molar refractivity (Wildman–Crippen MR) is 83.0 cm³/mol. The van der Waals surface area contributed by atoms with Crippen LogP contribution in [0.15, 0.2) is 42.5 Å². The Kier molecular flexibility index (Phi) is 4.08. The van der Waals surface area contributed by atoms with Gasteiger partial charge in [0, 0.05) is 25.5 Å². The van der Waals surface area contributed by atoms with E-state index in [9.17, 15) is 4.79 Å². The minimum absolute atomic E-state index is 0.231. The molecule has 0 fully saturated rings. The summed E-state index contributed by atoms with van der Waals surface area (Å²) >= 11 is 8.06. The molecule has 5 heteroatoms. The molecule has 1 amide bonds. The molecule has 0 aliphatic rings. The van der Waals surface area contributed by atoms with Crippen molar-refractivity contribution < 1.29 is 4.79 Å². The number of halogens is 2. The van der Waals surface area contributed by atoms with Crippen LogP contribution in [0.2, 0.25) is 5.02 Å². The first-order valence-corrected chi connectivity index (χ1v) is 6.63. The SMILES string of the molecule is Nc1cc(Cl)cc(C(=O)Nc2ccc(I)cc2)c1. The maximum Gasteiger partial charge on any atom is 0.255 e. The summed E-state index contributed by atoms with van der Waals surface area (Å²) in [5.41, 5.74) is 7.29. The molecule has 0 radical (unpaired) electrons. The second-order valence-electron chi connectivity index (χ2n) is 3.73. The average molecular weight is 373 g/mol. The molecule has 0 aromatic heterocycles. The molecule has 2 aromatic rings. The highest BCUT2D eigenvalue weighted by atomic mass is 127. The summed E-state index contributed by atoms with van der Waals surface area (Å²) in [5.74, 6) is -0.231. The lowest BCUT2D eigenvalue weighted by Gasteiger charge is -2.06. The van der Waals surface area contributed by atoms with Crippen LogP contribution in [-0.4, -0.2) is 5.91 Å². The zero-order valence-corrected chi connectivity index (χ0v) is 12.2. The molecule has 2 aromatic carbocycles. The second-order valence-corrected chi connectivity index (χ2v) is 5.42. The standard InChI is InChI=1S/C13H10ClIN2O/c14-9-5-8(6-11(16)7-9)13(18)17-12-3-1-10(15)2-4-12/h1-7H,16H2,(H,17,18). The van der Waals surface area contributed by atoms with Crippen LogP contribution in [0.4, 0.5) is 11.4 Å². The molecule has 0 spiro atoms. The molecular formula is C13H10ClIN2O.